The zero-order chi connectivity index (χ0) is 20.1. The van der Waals surface area contributed by atoms with E-state index in [-0.39, 0.29) is 11.1 Å². The summed E-state index contributed by atoms with van der Waals surface area (Å²) >= 11 is 0.952. The van der Waals surface area contributed by atoms with Gasteiger partial charge in [0.15, 0.2) is 5.16 Å². The number of thioether (sulfide) groups is 1. The molecule has 0 unspecified atom stereocenters. The van der Waals surface area contributed by atoms with Gasteiger partial charge in [-0.25, -0.2) is 9.97 Å². The van der Waals surface area contributed by atoms with Gasteiger partial charge in [0.25, 0.3) is 0 Å². The standard InChI is InChI=1S/C19H21F3N4OS/c1-14(28-18-23-8-7-16(24-18)19(20,21)22)17(27)26-11-9-25(10-12-26)13-15-5-3-2-4-6-15/h2-8,14H,9-13H2,1H3/t14-/m0/s1. The maximum absolute atomic E-state index is 12.8. The Hall–Kier alpha value is -2.13. The van der Waals surface area contributed by atoms with Crippen molar-refractivity contribution in [1.82, 2.24) is 19.8 Å². The molecule has 1 aliphatic heterocycles. The number of hydrogen-bond acceptors (Lipinski definition) is 5. The van der Waals surface area contributed by atoms with Crippen LogP contribution >= 0.6 is 11.8 Å². The van der Waals surface area contributed by atoms with Crippen LogP contribution in [0.25, 0.3) is 0 Å². The number of rotatable bonds is 5. The summed E-state index contributed by atoms with van der Waals surface area (Å²) in [5, 5.41) is -0.595. The molecule has 1 aliphatic rings. The zero-order valence-electron chi connectivity index (χ0n) is 15.4. The van der Waals surface area contributed by atoms with Gasteiger partial charge in [0.05, 0.1) is 5.25 Å². The Morgan fingerprint density at radius 1 is 1.14 bits per heavy atom. The first kappa shape index (κ1) is 20.6. The van der Waals surface area contributed by atoms with E-state index in [1.165, 1.54) is 5.56 Å². The molecule has 0 spiro atoms. The third-order valence-corrected chi connectivity index (χ3v) is 5.45. The van der Waals surface area contributed by atoms with E-state index >= 15 is 0 Å². The maximum Gasteiger partial charge on any atom is 0.433 e. The van der Waals surface area contributed by atoms with Crippen LogP contribution in [0.3, 0.4) is 0 Å². The fourth-order valence-electron chi connectivity index (χ4n) is 2.99. The largest absolute Gasteiger partial charge is 0.433 e. The summed E-state index contributed by atoms with van der Waals surface area (Å²) in [4.78, 5) is 24.1. The quantitative estimate of drug-likeness (QED) is 0.559. The van der Waals surface area contributed by atoms with E-state index in [0.717, 1.165) is 43.7 Å². The van der Waals surface area contributed by atoms with Gasteiger partial charge in [-0.05, 0) is 18.6 Å². The molecular weight excluding hydrogens is 389 g/mol. The van der Waals surface area contributed by atoms with E-state index in [2.05, 4.69) is 27.0 Å². The number of nitrogens with zero attached hydrogens (tertiary/aromatic N) is 4. The highest BCUT2D eigenvalue weighted by atomic mass is 32.2. The highest BCUT2D eigenvalue weighted by molar-refractivity contribution is 8.00. The molecule has 1 saturated heterocycles. The SMILES string of the molecule is C[C@H](Sc1nccc(C(F)(F)F)n1)C(=O)N1CCN(Cc2ccccc2)CC1. The molecule has 1 aromatic carbocycles. The topological polar surface area (TPSA) is 49.3 Å². The van der Waals surface area contributed by atoms with Crippen molar-refractivity contribution < 1.29 is 18.0 Å². The molecule has 9 heteroatoms. The first-order valence-electron chi connectivity index (χ1n) is 8.95. The Bertz CT molecular complexity index is 795. The molecule has 2 aromatic rings. The number of halogens is 3. The average molecular weight is 410 g/mol. The summed E-state index contributed by atoms with van der Waals surface area (Å²) in [6, 6.07) is 11.0. The van der Waals surface area contributed by atoms with E-state index in [4.69, 9.17) is 0 Å². The van der Waals surface area contributed by atoms with Gasteiger partial charge >= 0.3 is 6.18 Å². The van der Waals surface area contributed by atoms with Crippen molar-refractivity contribution in [3.05, 3.63) is 53.9 Å². The number of aromatic nitrogens is 2. The third-order valence-electron chi connectivity index (χ3n) is 4.49. The van der Waals surface area contributed by atoms with Crippen molar-refractivity contribution >= 4 is 17.7 Å². The van der Waals surface area contributed by atoms with E-state index in [1.54, 1.807) is 11.8 Å². The van der Waals surface area contributed by atoms with Crippen LogP contribution in [0.4, 0.5) is 13.2 Å². The second-order valence-corrected chi connectivity index (χ2v) is 7.88. The summed E-state index contributed by atoms with van der Waals surface area (Å²) < 4.78 is 38.3. The van der Waals surface area contributed by atoms with Gasteiger partial charge in [0.2, 0.25) is 5.91 Å². The lowest BCUT2D eigenvalue weighted by Gasteiger charge is -2.35. The molecule has 0 bridgehead atoms. The number of carbonyl (C=O) groups is 1. The van der Waals surface area contributed by atoms with Crippen LogP contribution in [0.5, 0.6) is 0 Å². The minimum absolute atomic E-state index is 0.0432. The molecule has 1 aromatic heterocycles. The first-order chi connectivity index (χ1) is 13.3. The Morgan fingerprint density at radius 3 is 2.46 bits per heavy atom. The lowest BCUT2D eigenvalue weighted by Crippen LogP contribution is -2.50. The number of hydrogen-bond donors (Lipinski definition) is 0. The fraction of sp³-hybridized carbons (Fsp3) is 0.421. The van der Waals surface area contributed by atoms with Crippen molar-refractivity contribution in [2.75, 3.05) is 26.2 Å². The van der Waals surface area contributed by atoms with Gasteiger partial charge in [-0.1, -0.05) is 42.1 Å². The average Bonchev–Trinajstić information content (AvgIpc) is 2.68. The predicted molar refractivity (Wildman–Crippen MR) is 101 cm³/mol. The van der Waals surface area contributed by atoms with Gasteiger partial charge in [0.1, 0.15) is 5.69 Å². The molecule has 5 nitrogen and oxygen atoms in total. The van der Waals surface area contributed by atoms with E-state index in [1.807, 2.05) is 18.2 Å². The van der Waals surface area contributed by atoms with Crippen molar-refractivity contribution in [3.63, 3.8) is 0 Å². The number of alkyl halides is 3. The van der Waals surface area contributed by atoms with Crippen molar-refractivity contribution in [3.8, 4) is 0 Å². The second-order valence-electron chi connectivity index (χ2n) is 6.57. The van der Waals surface area contributed by atoms with Gasteiger partial charge in [0, 0.05) is 38.9 Å². The monoisotopic (exact) mass is 410 g/mol. The third kappa shape index (κ3) is 5.45. The lowest BCUT2D eigenvalue weighted by atomic mass is 10.2. The summed E-state index contributed by atoms with van der Waals surface area (Å²) in [5.41, 5.74) is 0.229. The minimum atomic E-state index is -4.53. The van der Waals surface area contributed by atoms with E-state index in [9.17, 15) is 18.0 Å². The number of amides is 1. The van der Waals surface area contributed by atoms with Crippen LogP contribution in [0, 0.1) is 0 Å². The summed E-state index contributed by atoms with van der Waals surface area (Å²) in [6.07, 6.45) is -3.46. The minimum Gasteiger partial charge on any atom is -0.339 e. The molecule has 0 radical (unpaired) electrons. The van der Waals surface area contributed by atoms with Crippen LogP contribution < -0.4 is 0 Å². The summed E-state index contributed by atoms with van der Waals surface area (Å²) in [7, 11) is 0. The highest BCUT2D eigenvalue weighted by Gasteiger charge is 2.33. The Labute approximate surface area is 166 Å². The molecule has 1 atom stereocenters. The van der Waals surface area contributed by atoms with Crippen molar-refractivity contribution in [1.29, 1.82) is 0 Å². The second kappa shape index (κ2) is 8.91. The lowest BCUT2D eigenvalue weighted by molar-refractivity contribution is -0.141. The van der Waals surface area contributed by atoms with Gasteiger partial charge in [-0.15, -0.1) is 0 Å². The van der Waals surface area contributed by atoms with E-state index < -0.39 is 17.1 Å². The molecular formula is C19H21F3N4OS. The molecule has 0 aliphatic carbocycles. The van der Waals surface area contributed by atoms with Gasteiger partial charge < -0.3 is 4.90 Å². The van der Waals surface area contributed by atoms with Crippen LogP contribution in [0.2, 0.25) is 0 Å². The molecule has 2 heterocycles. The van der Waals surface area contributed by atoms with Crippen LogP contribution in [-0.2, 0) is 17.5 Å². The van der Waals surface area contributed by atoms with E-state index in [0.29, 0.717) is 13.1 Å². The number of piperazine rings is 1. The first-order valence-corrected chi connectivity index (χ1v) is 9.83. The summed E-state index contributed by atoms with van der Waals surface area (Å²) in [6.45, 7) is 5.23. The van der Waals surface area contributed by atoms with Crippen LogP contribution in [0.1, 0.15) is 18.2 Å². The Balaban J connectivity index is 1.52. The number of carbonyl (C=O) groups excluding carboxylic acids is 1. The maximum atomic E-state index is 12.8. The molecule has 28 heavy (non-hydrogen) atoms. The highest BCUT2D eigenvalue weighted by Crippen LogP contribution is 2.29. The normalized spacial score (nSPS) is 16.8. The van der Waals surface area contributed by atoms with Crippen LogP contribution in [0.15, 0.2) is 47.8 Å². The Kier molecular flexibility index (Phi) is 6.56. The molecule has 1 amide bonds. The van der Waals surface area contributed by atoms with Crippen LogP contribution in [-0.4, -0.2) is 57.1 Å². The zero-order valence-corrected chi connectivity index (χ0v) is 16.2. The Morgan fingerprint density at radius 2 is 1.82 bits per heavy atom. The van der Waals surface area contributed by atoms with Gasteiger partial charge in [-0.2, -0.15) is 13.2 Å². The molecule has 1 fully saturated rings. The fourth-order valence-corrected chi connectivity index (χ4v) is 3.83. The predicted octanol–water partition coefficient (Wildman–Crippen LogP) is 3.32. The van der Waals surface area contributed by atoms with Gasteiger partial charge in [-0.3, -0.25) is 9.69 Å². The van der Waals surface area contributed by atoms with Crippen molar-refractivity contribution in [2.45, 2.75) is 30.1 Å². The number of benzene rings is 1. The smallest absolute Gasteiger partial charge is 0.339 e. The molecule has 0 N–H and O–H groups in total. The molecule has 3 rings (SSSR count). The molecule has 0 saturated carbocycles. The molecule has 150 valence electrons. The van der Waals surface area contributed by atoms with Crippen molar-refractivity contribution in [2.24, 2.45) is 0 Å². The summed E-state index contributed by atoms with van der Waals surface area (Å²) in [5.74, 6) is -0.106.